The number of rotatable bonds is 5. The zero-order valence-corrected chi connectivity index (χ0v) is 12.1. The van der Waals surface area contributed by atoms with Gasteiger partial charge in [0.05, 0.1) is 6.04 Å². The monoisotopic (exact) mass is 257 g/mol. The molecule has 1 heterocycles. The van der Waals surface area contributed by atoms with Gasteiger partial charge in [-0.1, -0.05) is 0 Å². The van der Waals surface area contributed by atoms with Gasteiger partial charge in [0.2, 0.25) is 5.91 Å². The largest absolute Gasteiger partial charge is 0.385 e. The Kier molecular flexibility index (Phi) is 6.05. The molecule has 2 N–H and O–H groups in total. The summed E-state index contributed by atoms with van der Waals surface area (Å²) in [7, 11) is 3.77. The highest BCUT2D eigenvalue weighted by molar-refractivity contribution is 5.81. The molecule has 0 aromatic heterocycles. The Labute approximate surface area is 110 Å². The van der Waals surface area contributed by atoms with Crippen molar-refractivity contribution in [1.29, 1.82) is 0 Å². The highest BCUT2D eigenvalue weighted by Crippen LogP contribution is 2.14. The second kappa shape index (κ2) is 7.07. The minimum atomic E-state index is -0.386. The van der Waals surface area contributed by atoms with Crippen LogP contribution in [0.25, 0.3) is 0 Å². The van der Waals surface area contributed by atoms with Crippen LogP contribution in [-0.2, 0) is 9.53 Å². The third-order valence-electron chi connectivity index (χ3n) is 3.85. The number of nitrogens with zero attached hydrogens (tertiary/aromatic N) is 2. The van der Waals surface area contributed by atoms with Crippen LogP contribution in [0, 0.1) is 0 Å². The SMILES string of the molecule is COCCCC(N)C(=O)N1CC(C)N(C)C(C)C1. The first kappa shape index (κ1) is 15.4. The van der Waals surface area contributed by atoms with Crippen molar-refractivity contribution in [3.05, 3.63) is 0 Å². The first-order valence-corrected chi connectivity index (χ1v) is 6.72. The standard InChI is InChI=1S/C13H27N3O2/c1-10-8-16(9-11(2)15(10)3)13(17)12(14)6-5-7-18-4/h10-12H,5-9,14H2,1-4H3. The molecule has 1 aliphatic heterocycles. The van der Waals surface area contributed by atoms with Crippen molar-refractivity contribution >= 4 is 5.91 Å². The first-order chi connectivity index (χ1) is 8.47. The van der Waals surface area contributed by atoms with E-state index in [2.05, 4.69) is 25.8 Å². The number of likely N-dealkylation sites (N-methyl/N-ethyl adjacent to an activating group) is 1. The number of nitrogens with two attached hydrogens (primary N) is 1. The van der Waals surface area contributed by atoms with Crippen LogP contribution >= 0.6 is 0 Å². The Morgan fingerprint density at radius 2 is 1.94 bits per heavy atom. The third-order valence-corrected chi connectivity index (χ3v) is 3.85. The van der Waals surface area contributed by atoms with E-state index >= 15 is 0 Å². The maximum absolute atomic E-state index is 12.2. The van der Waals surface area contributed by atoms with Crippen LogP contribution in [0.3, 0.4) is 0 Å². The maximum atomic E-state index is 12.2. The van der Waals surface area contributed by atoms with Crippen molar-refractivity contribution in [2.24, 2.45) is 5.73 Å². The zero-order chi connectivity index (χ0) is 13.7. The quantitative estimate of drug-likeness (QED) is 0.719. The van der Waals surface area contributed by atoms with Gasteiger partial charge < -0.3 is 15.4 Å². The van der Waals surface area contributed by atoms with Crippen molar-refractivity contribution in [2.45, 2.75) is 44.8 Å². The number of methoxy groups -OCH3 is 1. The van der Waals surface area contributed by atoms with Gasteiger partial charge in [-0.3, -0.25) is 9.69 Å². The topological polar surface area (TPSA) is 58.8 Å². The molecule has 5 heteroatoms. The normalized spacial score (nSPS) is 27.3. The molecule has 0 radical (unpaired) electrons. The smallest absolute Gasteiger partial charge is 0.239 e. The second-order valence-electron chi connectivity index (χ2n) is 5.35. The van der Waals surface area contributed by atoms with Gasteiger partial charge in [0.15, 0.2) is 0 Å². The molecule has 3 unspecified atom stereocenters. The van der Waals surface area contributed by atoms with Gasteiger partial charge in [0.25, 0.3) is 0 Å². The molecule has 5 nitrogen and oxygen atoms in total. The van der Waals surface area contributed by atoms with E-state index in [1.807, 2.05) is 4.90 Å². The van der Waals surface area contributed by atoms with E-state index < -0.39 is 0 Å². The van der Waals surface area contributed by atoms with Crippen molar-refractivity contribution < 1.29 is 9.53 Å². The van der Waals surface area contributed by atoms with Crippen molar-refractivity contribution in [1.82, 2.24) is 9.80 Å². The van der Waals surface area contributed by atoms with Crippen LogP contribution in [0.4, 0.5) is 0 Å². The van der Waals surface area contributed by atoms with Crippen LogP contribution in [-0.4, -0.2) is 67.7 Å². The fraction of sp³-hybridized carbons (Fsp3) is 0.923. The average molecular weight is 257 g/mol. The van der Waals surface area contributed by atoms with E-state index in [1.54, 1.807) is 7.11 Å². The molecule has 1 saturated heterocycles. The molecule has 0 aliphatic carbocycles. The number of carbonyl (C=O) groups excluding carboxylic acids is 1. The fourth-order valence-electron chi connectivity index (χ4n) is 2.39. The lowest BCUT2D eigenvalue weighted by molar-refractivity contribution is -0.136. The molecule has 0 spiro atoms. The lowest BCUT2D eigenvalue weighted by Gasteiger charge is -2.43. The predicted octanol–water partition coefficient (Wildman–Crippen LogP) is 0.291. The van der Waals surface area contributed by atoms with E-state index in [9.17, 15) is 4.79 Å². The van der Waals surface area contributed by atoms with E-state index in [1.165, 1.54) is 0 Å². The van der Waals surface area contributed by atoms with Gasteiger partial charge in [-0.05, 0) is 33.7 Å². The molecule has 1 aliphatic rings. The summed E-state index contributed by atoms with van der Waals surface area (Å²) in [6.45, 7) is 6.50. The molecule has 18 heavy (non-hydrogen) atoms. The zero-order valence-electron chi connectivity index (χ0n) is 12.1. The number of carbonyl (C=O) groups is 1. The van der Waals surface area contributed by atoms with Gasteiger partial charge in [0, 0.05) is 38.9 Å². The van der Waals surface area contributed by atoms with Gasteiger partial charge in [-0.25, -0.2) is 0 Å². The summed E-state index contributed by atoms with van der Waals surface area (Å²) in [5, 5.41) is 0. The Balaban J connectivity index is 2.46. The maximum Gasteiger partial charge on any atom is 0.239 e. The molecule has 3 atom stereocenters. The summed E-state index contributed by atoms with van der Waals surface area (Å²) in [6.07, 6.45) is 1.53. The summed E-state index contributed by atoms with van der Waals surface area (Å²) in [5.74, 6) is 0.0814. The fourth-order valence-corrected chi connectivity index (χ4v) is 2.39. The van der Waals surface area contributed by atoms with Crippen LogP contribution in [0.5, 0.6) is 0 Å². The Hall–Kier alpha value is -0.650. The molecule has 0 bridgehead atoms. The molecule has 1 amide bonds. The van der Waals surface area contributed by atoms with E-state index in [-0.39, 0.29) is 11.9 Å². The van der Waals surface area contributed by atoms with Gasteiger partial charge in [-0.15, -0.1) is 0 Å². The first-order valence-electron chi connectivity index (χ1n) is 6.72. The predicted molar refractivity (Wildman–Crippen MR) is 72.4 cm³/mol. The highest BCUT2D eigenvalue weighted by Gasteiger charge is 2.31. The summed E-state index contributed by atoms with van der Waals surface area (Å²) in [6, 6.07) is 0.399. The summed E-state index contributed by atoms with van der Waals surface area (Å²) >= 11 is 0. The number of piperazine rings is 1. The van der Waals surface area contributed by atoms with Crippen LogP contribution < -0.4 is 5.73 Å². The molecule has 1 rings (SSSR count). The molecular weight excluding hydrogens is 230 g/mol. The van der Waals surface area contributed by atoms with Gasteiger partial charge in [0.1, 0.15) is 0 Å². The minimum absolute atomic E-state index is 0.0814. The lowest BCUT2D eigenvalue weighted by Crippen LogP contribution is -2.59. The Morgan fingerprint density at radius 3 is 2.44 bits per heavy atom. The molecule has 0 aromatic carbocycles. The highest BCUT2D eigenvalue weighted by atomic mass is 16.5. The van der Waals surface area contributed by atoms with Gasteiger partial charge in [-0.2, -0.15) is 0 Å². The van der Waals surface area contributed by atoms with Gasteiger partial charge >= 0.3 is 0 Å². The summed E-state index contributed by atoms with van der Waals surface area (Å²) in [4.78, 5) is 16.4. The number of hydrogen-bond donors (Lipinski definition) is 1. The van der Waals surface area contributed by atoms with Crippen molar-refractivity contribution in [2.75, 3.05) is 33.9 Å². The van der Waals surface area contributed by atoms with Crippen molar-refractivity contribution in [3.63, 3.8) is 0 Å². The third kappa shape index (κ3) is 3.93. The van der Waals surface area contributed by atoms with Crippen LogP contribution in [0.15, 0.2) is 0 Å². The Morgan fingerprint density at radius 1 is 1.39 bits per heavy atom. The second-order valence-corrected chi connectivity index (χ2v) is 5.35. The van der Waals surface area contributed by atoms with Crippen LogP contribution in [0.2, 0.25) is 0 Å². The molecule has 0 aromatic rings. The minimum Gasteiger partial charge on any atom is -0.385 e. The summed E-state index contributed by atoms with van der Waals surface area (Å²) in [5.41, 5.74) is 5.95. The molecule has 106 valence electrons. The lowest BCUT2D eigenvalue weighted by atomic mass is 10.1. The molecular formula is C13H27N3O2. The van der Waals surface area contributed by atoms with Crippen LogP contribution in [0.1, 0.15) is 26.7 Å². The Bertz CT molecular complexity index is 261. The number of ether oxygens (including phenoxy) is 1. The van der Waals surface area contributed by atoms with E-state index in [0.717, 1.165) is 19.5 Å². The number of amides is 1. The average Bonchev–Trinajstić information content (AvgIpc) is 2.34. The number of hydrogen-bond acceptors (Lipinski definition) is 4. The van der Waals surface area contributed by atoms with E-state index in [4.69, 9.17) is 10.5 Å². The molecule has 0 saturated carbocycles. The van der Waals surface area contributed by atoms with Crippen molar-refractivity contribution in [3.8, 4) is 0 Å². The summed E-state index contributed by atoms with van der Waals surface area (Å²) < 4.78 is 4.98. The van der Waals surface area contributed by atoms with E-state index in [0.29, 0.717) is 25.1 Å². The molecule has 1 fully saturated rings.